The number of piperidine rings is 1. The van der Waals surface area contributed by atoms with Crippen molar-refractivity contribution in [2.75, 3.05) is 19.7 Å². The maximum atomic E-state index is 9.23. The lowest BCUT2D eigenvalue weighted by Crippen LogP contribution is -2.50. The molecule has 3 rings (SSSR count). The van der Waals surface area contributed by atoms with Crippen LogP contribution in [-0.4, -0.2) is 47.8 Å². The van der Waals surface area contributed by atoms with Crippen LogP contribution in [0.25, 0.3) is 0 Å². The summed E-state index contributed by atoms with van der Waals surface area (Å²) >= 11 is 0. The van der Waals surface area contributed by atoms with Gasteiger partial charge in [-0.25, -0.2) is 0 Å². The molecule has 1 aliphatic heterocycles. The van der Waals surface area contributed by atoms with Crippen LogP contribution in [0, 0.1) is 5.92 Å². The third-order valence-corrected chi connectivity index (χ3v) is 6.20. The van der Waals surface area contributed by atoms with Gasteiger partial charge in [-0.15, -0.1) is 0 Å². The van der Waals surface area contributed by atoms with Gasteiger partial charge in [0.1, 0.15) is 0 Å². The van der Waals surface area contributed by atoms with Gasteiger partial charge in [0.25, 0.3) is 0 Å². The second-order valence-electron chi connectivity index (χ2n) is 7.67. The number of aliphatic hydroxyl groups excluding tert-OH is 1. The number of aliphatic hydroxyl groups is 1. The summed E-state index contributed by atoms with van der Waals surface area (Å²) in [5.41, 5.74) is 0. The van der Waals surface area contributed by atoms with E-state index in [2.05, 4.69) is 10.2 Å². The minimum absolute atomic E-state index is 0.395. The highest BCUT2D eigenvalue weighted by molar-refractivity contribution is 4.86. The first-order valence-corrected chi connectivity index (χ1v) is 9.46. The average molecular weight is 294 g/mol. The molecule has 3 heteroatoms. The highest BCUT2D eigenvalue weighted by Crippen LogP contribution is 2.27. The van der Waals surface area contributed by atoms with Gasteiger partial charge in [-0.05, 0) is 70.4 Å². The van der Waals surface area contributed by atoms with Gasteiger partial charge in [0.05, 0.1) is 0 Å². The highest BCUT2D eigenvalue weighted by Gasteiger charge is 2.28. The van der Waals surface area contributed by atoms with Crippen molar-refractivity contribution < 1.29 is 5.11 Å². The summed E-state index contributed by atoms with van der Waals surface area (Å²) in [4.78, 5) is 2.78. The molecule has 2 saturated carbocycles. The van der Waals surface area contributed by atoms with Crippen molar-refractivity contribution in [3.8, 4) is 0 Å². The molecule has 0 unspecified atom stereocenters. The lowest BCUT2D eigenvalue weighted by molar-refractivity contribution is 0.107. The Morgan fingerprint density at radius 2 is 1.38 bits per heavy atom. The van der Waals surface area contributed by atoms with Crippen molar-refractivity contribution in [3.05, 3.63) is 0 Å². The standard InChI is InChI=1S/C18H34N2O/c21-14-15-6-8-16(9-7-15)19-17-10-12-20(13-11-17)18-4-2-1-3-5-18/h15-19,21H,1-14H2. The molecule has 1 heterocycles. The van der Waals surface area contributed by atoms with E-state index in [1.54, 1.807) is 0 Å². The van der Waals surface area contributed by atoms with Gasteiger partial charge in [-0.2, -0.15) is 0 Å². The highest BCUT2D eigenvalue weighted by atomic mass is 16.3. The second kappa shape index (κ2) is 7.94. The molecular weight excluding hydrogens is 260 g/mol. The Morgan fingerprint density at radius 1 is 0.762 bits per heavy atom. The van der Waals surface area contributed by atoms with Crippen molar-refractivity contribution in [2.24, 2.45) is 5.92 Å². The first-order chi connectivity index (χ1) is 10.3. The molecule has 0 aromatic heterocycles. The minimum Gasteiger partial charge on any atom is -0.396 e. The van der Waals surface area contributed by atoms with Crippen LogP contribution in [0.2, 0.25) is 0 Å². The Balaban J connectivity index is 1.36. The third kappa shape index (κ3) is 4.43. The molecule has 0 bridgehead atoms. The van der Waals surface area contributed by atoms with Crippen molar-refractivity contribution in [2.45, 2.75) is 88.8 Å². The van der Waals surface area contributed by atoms with Crippen LogP contribution < -0.4 is 5.32 Å². The Hall–Kier alpha value is -0.120. The Kier molecular flexibility index (Phi) is 5.96. The van der Waals surface area contributed by atoms with Crippen molar-refractivity contribution in [3.63, 3.8) is 0 Å². The molecule has 0 atom stereocenters. The Bertz CT molecular complexity index is 288. The van der Waals surface area contributed by atoms with Crippen LogP contribution in [0.3, 0.4) is 0 Å². The van der Waals surface area contributed by atoms with Crippen LogP contribution in [0.1, 0.15) is 70.6 Å². The molecule has 3 fully saturated rings. The molecule has 0 amide bonds. The molecule has 2 aliphatic carbocycles. The number of hydrogen-bond donors (Lipinski definition) is 2. The predicted molar refractivity (Wildman–Crippen MR) is 87.4 cm³/mol. The van der Waals surface area contributed by atoms with E-state index in [4.69, 9.17) is 0 Å². The monoisotopic (exact) mass is 294 g/mol. The summed E-state index contributed by atoms with van der Waals surface area (Å²) in [6.45, 7) is 3.02. The van der Waals surface area contributed by atoms with Crippen molar-refractivity contribution in [1.29, 1.82) is 0 Å². The fraction of sp³-hybridized carbons (Fsp3) is 1.00. The molecule has 21 heavy (non-hydrogen) atoms. The lowest BCUT2D eigenvalue weighted by atomic mass is 9.85. The van der Waals surface area contributed by atoms with Crippen LogP contribution >= 0.6 is 0 Å². The van der Waals surface area contributed by atoms with Crippen LogP contribution in [0.4, 0.5) is 0 Å². The number of nitrogens with zero attached hydrogens (tertiary/aromatic N) is 1. The summed E-state index contributed by atoms with van der Waals surface area (Å²) in [6, 6.07) is 2.37. The van der Waals surface area contributed by atoms with Gasteiger partial charge in [-0.1, -0.05) is 19.3 Å². The maximum absolute atomic E-state index is 9.23. The van der Waals surface area contributed by atoms with Gasteiger partial charge < -0.3 is 15.3 Å². The van der Waals surface area contributed by atoms with Crippen molar-refractivity contribution in [1.82, 2.24) is 10.2 Å². The van der Waals surface area contributed by atoms with Crippen molar-refractivity contribution >= 4 is 0 Å². The molecule has 2 N–H and O–H groups in total. The number of hydrogen-bond acceptors (Lipinski definition) is 3. The number of likely N-dealkylation sites (tertiary alicyclic amines) is 1. The molecule has 0 spiro atoms. The van der Waals surface area contributed by atoms with Gasteiger partial charge in [0.15, 0.2) is 0 Å². The Labute approximate surface area is 130 Å². The van der Waals surface area contributed by atoms with E-state index in [-0.39, 0.29) is 0 Å². The first-order valence-electron chi connectivity index (χ1n) is 9.46. The molecule has 122 valence electrons. The predicted octanol–water partition coefficient (Wildman–Crippen LogP) is 2.92. The fourth-order valence-electron chi connectivity index (χ4n) is 4.72. The minimum atomic E-state index is 0.395. The summed E-state index contributed by atoms with van der Waals surface area (Å²) in [7, 11) is 0. The molecule has 3 aliphatic rings. The number of nitrogens with one attached hydrogen (secondary N) is 1. The summed E-state index contributed by atoms with van der Waals surface area (Å²) in [5.74, 6) is 0.580. The number of rotatable bonds is 4. The van der Waals surface area contributed by atoms with E-state index < -0.39 is 0 Å². The van der Waals surface area contributed by atoms with E-state index >= 15 is 0 Å². The quantitative estimate of drug-likeness (QED) is 0.837. The molecular formula is C18H34N2O. The largest absolute Gasteiger partial charge is 0.396 e. The van der Waals surface area contributed by atoms with Crippen LogP contribution in [0.15, 0.2) is 0 Å². The molecule has 0 aromatic carbocycles. The van der Waals surface area contributed by atoms with Gasteiger partial charge >= 0.3 is 0 Å². The molecule has 0 aromatic rings. The van der Waals surface area contributed by atoms with Crippen LogP contribution in [0.5, 0.6) is 0 Å². The van der Waals surface area contributed by atoms with E-state index in [9.17, 15) is 5.11 Å². The molecule has 1 saturated heterocycles. The third-order valence-electron chi connectivity index (χ3n) is 6.20. The van der Waals surface area contributed by atoms with Gasteiger partial charge in [0.2, 0.25) is 0 Å². The lowest BCUT2D eigenvalue weighted by Gasteiger charge is -2.41. The smallest absolute Gasteiger partial charge is 0.0459 e. The SMILES string of the molecule is OCC1CCC(NC2CCN(C3CCCCC3)CC2)CC1. The maximum Gasteiger partial charge on any atom is 0.0459 e. The zero-order valence-electron chi connectivity index (χ0n) is 13.6. The molecule has 0 radical (unpaired) electrons. The summed E-state index contributed by atoms with van der Waals surface area (Å²) in [6.07, 6.45) is 14.9. The van der Waals surface area contributed by atoms with E-state index in [0.717, 1.165) is 18.1 Å². The average Bonchev–Trinajstić information content (AvgIpc) is 2.57. The second-order valence-corrected chi connectivity index (χ2v) is 7.67. The van der Waals surface area contributed by atoms with E-state index in [1.807, 2.05) is 0 Å². The zero-order valence-corrected chi connectivity index (χ0v) is 13.6. The van der Waals surface area contributed by atoms with E-state index in [0.29, 0.717) is 12.5 Å². The molecule has 3 nitrogen and oxygen atoms in total. The summed E-state index contributed by atoms with van der Waals surface area (Å²) in [5, 5.41) is 13.1. The zero-order chi connectivity index (χ0) is 14.5. The first kappa shape index (κ1) is 15.8. The van der Waals surface area contributed by atoms with Gasteiger partial charge in [0, 0.05) is 24.7 Å². The normalized spacial score (nSPS) is 34.1. The summed E-state index contributed by atoms with van der Waals surface area (Å²) < 4.78 is 0. The van der Waals surface area contributed by atoms with Gasteiger partial charge in [-0.3, -0.25) is 0 Å². The van der Waals surface area contributed by atoms with E-state index in [1.165, 1.54) is 83.7 Å². The fourth-order valence-corrected chi connectivity index (χ4v) is 4.72. The Morgan fingerprint density at radius 3 is 2.00 bits per heavy atom. The topological polar surface area (TPSA) is 35.5 Å². The van der Waals surface area contributed by atoms with Crippen LogP contribution in [-0.2, 0) is 0 Å².